The highest BCUT2D eigenvalue weighted by atomic mass is 127. The lowest BCUT2D eigenvalue weighted by molar-refractivity contribution is 0.0532. The fourth-order valence-corrected chi connectivity index (χ4v) is 3.34. The van der Waals surface area contributed by atoms with Crippen LogP contribution in [0.15, 0.2) is 11.6 Å². The average molecular weight is 448 g/mol. The molecule has 0 aliphatic carbocycles. The first-order valence-corrected chi connectivity index (χ1v) is 10.9. The maximum absolute atomic E-state index is 12.2. The summed E-state index contributed by atoms with van der Waals surface area (Å²) in [5.74, 6) is 1.95. The zero-order valence-corrected chi connectivity index (χ0v) is 16.8. The molecule has 1 aromatic carbocycles. The molecule has 0 aromatic heterocycles. The summed E-state index contributed by atoms with van der Waals surface area (Å²) in [6.45, 7) is 6.90. The van der Waals surface area contributed by atoms with Crippen molar-refractivity contribution < 1.29 is 19.0 Å². The van der Waals surface area contributed by atoms with Crippen molar-refractivity contribution >= 4 is 36.1 Å². The number of rotatable bonds is 7. The minimum atomic E-state index is -0.304. The number of hydrogen-bond donors (Lipinski definition) is 0. The van der Waals surface area contributed by atoms with E-state index in [2.05, 4.69) is 27.3 Å². The van der Waals surface area contributed by atoms with Gasteiger partial charge in [-0.3, -0.25) is 0 Å². The first-order chi connectivity index (χ1) is 11.0. The number of esters is 1. The molecule has 0 unspecified atom stereocenters. The fraction of sp³-hybridized carbons (Fsp3) is 0.471. The van der Waals surface area contributed by atoms with Gasteiger partial charge in [-0.1, -0.05) is 20.6 Å². The van der Waals surface area contributed by atoms with Gasteiger partial charge >= 0.3 is 5.97 Å². The van der Waals surface area contributed by atoms with Gasteiger partial charge < -0.3 is 14.2 Å². The van der Waals surface area contributed by atoms with Crippen molar-refractivity contribution in [2.75, 3.05) is 19.5 Å². The van der Waals surface area contributed by atoms with E-state index in [1.165, 1.54) is 5.57 Å². The van der Waals surface area contributed by atoms with Crippen LogP contribution in [0, 0.1) is 6.92 Å². The minimum Gasteiger partial charge on any atom is -0.496 e. The summed E-state index contributed by atoms with van der Waals surface area (Å²) < 4.78 is 16.9. The van der Waals surface area contributed by atoms with Gasteiger partial charge in [0.1, 0.15) is 23.7 Å². The molecule has 23 heavy (non-hydrogen) atoms. The number of fused-ring (bicyclic) bond motifs is 1. The third kappa shape index (κ3) is 3.96. The predicted molar refractivity (Wildman–Crippen MR) is 102 cm³/mol. The number of carbonyl (C=O) groups is 1. The molecule has 0 amide bonds. The Kier molecular flexibility index (Phi) is 6.64. The largest absolute Gasteiger partial charge is 0.496 e. The first kappa shape index (κ1) is 18.4. The van der Waals surface area contributed by atoms with Gasteiger partial charge in [-0.05, 0) is 54.0 Å². The van der Waals surface area contributed by atoms with E-state index in [1.807, 2.05) is 20.8 Å². The van der Waals surface area contributed by atoms with Crippen molar-refractivity contribution in [3.05, 3.63) is 33.9 Å². The minimum absolute atomic E-state index is 0.288. The van der Waals surface area contributed by atoms with Crippen LogP contribution in [0.4, 0.5) is 0 Å². The highest BCUT2D eigenvalue weighted by molar-refractivity contribution is 14.2. The molecule has 126 valence electrons. The molecule has 6 heteroatoms. The van der Waals surface area contributed by atoms with Crippen LogP contribution in [0.25, 0.3) is 0 Å². The van der Waals surface area contributed by atoms with Gasteiger partial charge in [0.05, 0.1) is 13.7 Å². The van der Waals surface area contributed by atoms with Crippen LogP contribution in [0.2, 0.25) is 0 Å². The Hall–Kier alpha value is -0.890. The SMILES string of the molecule is COc1c(C)c2c(c(OCCSI)c1CC=C(C)C)C(=O)OC2. The van der Waals surface area contributed by atoms with E-state index in [0.717, 1.165) is 28.2 Å². The fourth-order valence-electron chi connectivity index (χ4n) is 2.65. The molecule has 0 fully saturated rings. The second-order valence-corrected chi connectivity index (χ2v) is 8.04. The molecule has 2 rings (SSSR count). The molecule has 0 saturated carbocycles. The third-order valence-electron chi connectivity index (χ3n) is 3.75. The van der Waals surface area contributed by atoms with Crippen LogP contribution < -0.4 is 9.47 Å². The van der Waals surface area contributed by atoms with Gasteiger partial charge in [0.15, 0.2) is 0 Å². The van der Waals surface area contributed by atoms with Crippen molar-refractivity contribution in [3.8, 4) is 11.5 Å². The number of methoxy groups -OCH3 is 1. The number of ether oxygens (including phenoxy) is 3. The van der Waals surface area contributed by atoms with E-state index in [-0.39, 0.29) is 12.6 Å². The monoisotopic (exact) mass is 448 g/mol. The molecule has 1 aliphatic rings. The molecule has 0 spiro atoms. The topological polar surface area (TPSA) is 44.8 Å². The van der Waals surface area contributed by atoms with E-state index < -0.39 is 0 Å². The van der Waals surface area contributed by atoms with Gasteiger partial charge in [-0.25, -0.2) is 4.79 Å². The van der Waals surface area contributed by atoms with Crippen molar-refractivity contribution in [2.45, 2.75) is 33.8 Å². The van der Waals surface area contributed by atoms with E-state index >= 15 is 0 Å². The number of benzene rings is 1. The number of halogens is 1. The van der Waals surface area contributed by atoms with Crippen molar-refractivity contribution in [1.29, 1.82) is 0 Å². The van der Waals surface area contributed by atoms with Gasteiger partial charge in [-0.15, -0.1) is 0 Å². The van der Waals surface area contributed by atoms with Crippen molar-refractivity contribution in [1.82, 2.24) is 0 Å². The van der Waals surface area contributed by atoms with E-state index in [0.29, 0.717) is 24.3 Å². The number of carbonyl (C=O) groups excluding carboxylic acids is 1. The number of hydrogen-bond acceptors (Lipinski definition) is 5. The average Bonchev–Trinajstić information content (AvgIpc) is 2.90. The highest BCUT2D eigenvalue weighted by Crippen LogP contribution is 2.42. The second-order valence-electron chi connectivity index (χ2n) is 5.54. The second kappa shape index (κ2) is 8.28. The summed E-state index contributed by atoms with van der Waals surface area (Å²) in [5.41, 5.74) is 4.54. The van der Waals surface area contributed by atoms with Gasteiger partial charge in [0.25, 0.3) is 0 Å². The molecule has 4 nitrogen and oxygen atoms in total. The lowest BCUT2D eigenvalue weighted by Gasteiger charge is -2.19. The Balaban J connectivity index is 2.59. The molecule has 0 radical (unpaired) electrons. The smallest absolute Gasteiger partial charge is 0.342 e. The summed E-state index contributed by atoms with van der Waals surface area (Å²) in [5, 5.41) is 0. The summed E-state index contributed by atoms with van der Waals surface area (Å²) >= 11 is 2.24. The quantitative estimate of drug-likeness (QED) is 0.263. The standard InChI is InChI=1S/C17H21IO4S/c1-10(2)5-6-12-15(20-4)11(3)13-9-22-17(19)14(13)16(12)21-7-8-23-18/h5H,6-9H2,1-4H3. The van der Waals surface area contributed by atoms with Crippen LogP contribution in [0.5, 0.6) is 11.5 Å². The van der Waals surface area contributed by atoms with Crippen LogP contribution in [0.1, 0.15) is 40.9 Å². The van der Waals surface area contributed by atoms with Crippen LogP contribution in [-0.4, -0.2) is 25.4 Å². The van der Waals surface area contributed by atoms with E-state index in [4.69, 9.17) is 14.2 Å². The van der Waals surface area contributed by atoms with Crippen LogP contribution >= 0.6 is 30.1 Å². The molecule has 0 saturated heterocycles. The normalized spacial score (nSPS) is 12.7. The van der Waals surface area contributed by atoms with Gasteiger partial charge in [-0.2, -0.15) is 0 Å². The Morgan fingerprint density at radius 3 is 2.74 bits per heavy atom. The van der Waals surface area contributed by atoms with Gasteiger partial charge in [0.2, 0.25) is 0 Å². The molecule has 0 N–H and O–H groups in total. The third-order valence-corrected chi connectivity index (χ3v) is 5.39. The molecular formula is C17H21IO4S. The van der Waals surface area contributed by atoms with Crippen LogP contribution in [-0.2, 0) is 17.8 Å². The van der Waals surface area contributed by atoms with E-state index in [9.17, 15) is 4.79 Å². The highest BCUT2D eigenvalue weighted by Gasteiger charge is 2.32. The number of cyclic esters (lactones) is 1. The Morgan fingerprint density at radius 1 is 1.39 bits per heavy atom. The number of allylic oxidation sites excluding steroid dienone is 2. The molecule has 0 bridgehead atoms. The Morgan fingerprint density at radius 2 is 2.13 bits per heavy atom. The molecule has 1 aliphatic heterocycles. The van der Waals surface area contributed by atoms with Crippen molar-refractivity contribution in [3.63, 3.8) is 0 Å². The van der Waals surface area contributed by atoms with Crippen molar-refractivity contribution in [2.24, 2.45) is 0 Å². The lowest BCUT2D eigenvalue weighted by Crippen LogP contribution is -2.10. The summed E-state index contributed by atoms with van der Waals surface area (Å²) in [6.07, 6.45) is 2.78. The van der Waals surface area contributed by atoms with Gasteiger partial charge in [0, 0.05) is 16.9 Å². The van der Waals surface area contributed by atoms with E-state index in [1.54, 1.807) is 16.0 Å². The molecule has 1 heterocycles. The lowest BCUT2D eigenvalue weighted by atomic mass is 9.95. The summed E-state index contributed by atoms with van der Waals surface area (Å²) in [7, 11) is 3.33. The maximum atomic E-state index is 12.2. The summed E-state index contributed by atoms with van der Waals surface area (Å²) in [4.78, 5) is 12.2. The maximum Gasteiger partial charge on any atom is 0.342 e. The summed E-state index contributed by atoms with van der Waals surface area (Å²) in [6, 6.07) is 0. The first-order valence-electron chi connectivity index (χ1n) is 7.40. The Labute approximate surface area is 153 Å². The zero-order chi connectivity index (χ0) is 17.0. The molecule has 1 aromatic rings. The molecule has 0 atom stereocenters. The predicted octanol–water partition coefficient (Wildman–Crippen LogP) is 4.64. The zero-order valence-electron chi connectivity index (χ0n) is 13.8. The molecular weight excluding hydrogens is 427 g/mol. The van der Waals surface area contributed by atoms with Crippen LogP contribution in [0.3, 0.4) is 0 Å². The Bertz CT molecular complexity index is 636.